The van der Waals surface area contributed by atoms with Crippen molar-refractivity contribution in [1.29, 1.82) is 0 Å². The van der Waals surface area contributed by atoms with Gasteiger partial charge in [-0.15, -0.1) is 11.3 Å². The fourth-order valence-electron chi connectivity index (χ4n) is 3.65. The predicted molar refractivity (Wildman–Crippen MR) is 133 cm³/mol. The number of rotatable bonds is 14. The van der Waals surface area contributed by atoms with Gasteiger partial charge in [0.1, 0.15) is 0 Å². The van der Waals surface area contributed by atoms with Crippen molar-refractivity contribution in [2.24, 2.45) is 0 Å². The second-order valence-corrected chi connectivity index (χ2v) is 12.5. The third-order valence-electron chi connectivity index (χ3n) is 5.72. The van der Waals surface area contributed by atoms with Gasteiger partial charge in [0, 0.05) is 37.0 Å². The van der Waals surface area contributed by atoms with Crippen molar-refractivity contribution in [3.63, 3.8) is 0 Å². The molecule has 12 heteroatoms. The molecule has 1 heterocycles. The number of aliphatic hydroxyl groups is 1. The monoisotopic (exact) mass is 550 g/mol. The van der Waals surface area contributed by atoms with Gasteiger partial charge < -0.3 is 15.5 Å². The number of carboxylic acids is 1. The Morgan fingerprint density at radius 3 is 2.47 bits per heavy atom. The molecule has 7 nitrogen and oxygen atoms in total. The van der Waals surface area contributed by atoms with E-state index in [9.17, 15) is 31.5 Å². The van der Waals surface area contributed by atoms with E-state index < -0.39 is 45.2 Å². The minimum absolute atomic E-state index is 0.0503. The molecule has 2 rings (SSSR count). The van der Waals surface area contributed by atoms with Gasteiger partial charge in [0.05, 0.1) is 16.6 Å². The fraction of sp³-hybridized carbons (Fsp3) is 0.542. The number of nitrogens with zero attached hydrogens (tertiary/aromatic N) is 1. The third kappa shape index (κ3) is 9.47. The summed E-state index contributed by atoms with van der Waals surface area (Å²) in [6.07, 6.45) is -3.89. The van der Waals surface area contributed by atoms with Gasteiger partial charge in [-0.1, -0.05) is 6.07 Å². The van der Waals surface area contributed by atoms with Gasteiger partial charge in [-0.2, -0.15) is 17.5 Å². The highest BCUT2D eigenvalue weighted by Crippen LogP contribution is 2.32. The van der Waals surface area contributed by atoms with E-state index in [2.05, 4.69) is 11.4 Å². The van der Waals surface area contributed by atoms with E-state index in [0.29, 0.717) is 6.07 Å². The minimum Gasteiger partial charge on any atom is -0.481 e. The molecule has 0 aliphatic rings. The first-order valence-electron chi connectivity index (χ1n) is 11.4. The maximum absolute atomic E-state index is 13.4. The van der Waals surface area contributed by atoms with Gasteiger partial charge in [-0.25, -0.2) is 8.42 Å². The molecule has 0 saturated heterocycles. The molecule has 1 aromatic heterocycles. The van der Waals surface area contributed by atoms with Crippen molar-refractivity contribution in [2.45, 2.75) is 68.7 Å². The van der Waals surface area contributed by atoms with E-state index in [1.807, 2.05) is 25.3 Å². The van der Waals surface area contributed by atoms with Crippen molar-refractivity contribution in [3.8, 4) is 0 Å². The summed E-state index contributed by atoms with van der Waals surface area (Å²) >= 11 is 1.69. The molecule has 1 aromatic carbocycles. The van der Waals surface area contributed by atoms with Crippen LogP contribution in [0.1, 0.15) is 49.1 Å². The van der Waals surface area contributed by atoms with Crippen molar-refractivity contribution in [2.75, 3.05) is 20.1 Å². The van der Waals surface area contributed by atoms with Crippen LogP contribution in [0.2, 0.25) is 0 Å². The first-order valence-corrected chi connectivity index (χ1v) is 13.8. The van der Waals surface area contributed by atoms with Crippen LogP contribution in [-0.4, -0.2) is 60.7 Å². The standard InChI is InChI=1S/C24H33F3N2O5S2/c1-23(2,10-4-6-20-7-5-11-35-20)28-15-19(30)16-29(3)36(33,34)21-13-17(8-9-22(31)32)12-18(14-21)24(25,26)27/h5,7,11-14,19,28,30H,4,6,8-10,15-16H2,1-3H3,(H,31,32)/t19-/m1/s1. The first kappa shape index (κ1) is 30.2. The molecule has 2 aromatic rings. The van der Waals surface area contributed by atoms with Crippen LogP contribution in [0.5, 0.6) is 0 Å². The summed E-state index contributed by atoms with van der Waals surface area (Å²) in [4.78, 5) is 11.5. The Kier molecular flexibility index (Phi) is 10.5. The first-order chi connectivity index (χ1) is 16.6. The van der Waals surface area contributed by atoms with E-state index in [-0.39, 0.29) is 30.6 Å². The number of thiophene rings is 1. The molecule has 0 aliphatic carbocycles. The Morgan fingerprint density at radius 2 is 1.89 bits per heavy atom. The highest BCUT2D eigenvalue weighted by atomic mass is 32.2. The quantitative estimate of drug-likeness (QED) is 0.326. The number of halogens is 3. The highest BCUT2D eigenvalue weighted by Gasteiger charge is 2.34. The van der Waals surface area contributed by atoms with E-state index in [1.165, 1.54) is 11.9 Å². The minimum atomic E-state index is -4.80. The second kappa shape index (κ2) is 12.5. The van der Waals surface area contributed by atoms with Crippen LogP contribution in [0.25, 0.3) is 0 Å². The molecule has 0 radical (unpaired) electrons. The van der Waals surface area contributed by atoms with E-state index >= 15 is 0 Å². The number of β-amino-alcohol motifs (C(OH)–C–C–N with tert-alkyl or cyclic N) is 1. The molecule has 0 amide bonds. The number of alkyl halides is 3. The van der Waals surface area contributed by atoms with Crippen LogP contribution in [-0.2, 0) is 33.8 Å². The Bertz CT molecular complexity index is 1100. The van der Waals surface area contributed by atoms with Gasteiger partial charge >= 0.3 is 12.1 Å². The van der Waals surface area contributed by atoms with Crippen LogP contribution in [0.15, 0.2) is 40.6 Å². The number of hydrogen-bond acceptors (Lipinski definition) is 6. The highest BCUT2D eigenvalue weighted by molar-refractivity contribution is 7.89. The fourth-order valence-corrected chi connectivity index (χ4v) is 5.71. The van der Waals surface area contributed by atoms with E-state index in [4.69, 9.17) is 5.11 Å². The predicted octanol–water partition coefficient (Wildman–Crippen LogP) is 4.16. The summed E-state index contributed by atoms with van der Waals surface area (Å²) in [6.45, 7) is 3.73. The molecule has 0 fully saturated rings. The maximum atomic E-state index is 13.4. The SMILES string of the molecule is CN(C[C@H](O)CNC(C)(C)CCCc1cccs1)S(=O)(=O)c1cc(CCC(=O)O)cc(C(F)(F)F)c1. The molecule has 36 heavy (non-hydrogen) atoms. The number of aliphatic carboxylic acids is 1. The third-order valence-corrected chi connectivity index (χ3v) is 8.46. The zero-order chi connectivity index (χ0) is 27.1. The number of nitrogens with one attached hydrogen (secondary N) is 1. The number of aliphatic hydroxyl groups excluding tert-OH is 1. The normalized spacial score (nSPS) is 13.8. The van der Waals surface area contributed by atoms with Crippen molar-refractivity contribution in [1.82, 2.24) is 9.62 Å². The summed E-state index contributed by atoms with van der Waals surface area (Å²) < 4.78 is 66.9. The maximum Gasteiger partial charge on any atom is 0.416 e. The Balaban J connectivity index is 2.03. The summed E-state index contributed by atoms with van der Waals surface area (Å²) in [5.41, 5.74) is -1.54. The number of carbonyl (C=O) groups is 1. The lowest BCUT2D eigenvalue weighted by Crippen LogP contribution is -2.46. The molecular formula is C24H33F3N2O5S2. The average molecular weight is 551 g/mol. The Hall–Kier alpha value is -1.99. The molecule has 0 bridgehead atoms. The van der Waals surface area contributed by atoms with Crippen molar-refractivity contribution < 1.29 is 36.6 Å². The molecule has 0 spiro atoms. The van der Waals surface area contributed by atoms with Gasteiger partial charge in [0.15, 0.2) is 0 Å². The lowest BCUT2D eigenvalue weighted by Gasteiger charge is -2.29. The molecule has 0 aliphatic heterocycles. The van der Waals surface area contributed by atoms with Gasteiger partial charge in [0.25, 0.3) is 0 Å². The summed E-state index contributed by atoms with van der Waals surface area (Å²) in [7, 11) is -3.19. The van der Waals surface area contributed by atoms with Gasteiger partial charge in [-0.3, -0.25) is 4.79 Å². The Morgan fingerprint density at radius 1 is 1.19 bits per heavy atom. The molecule has 1 atom stereocenters. The van der Waals surface area contributed by atoms with Crippen LogP contribution < -0.4 is 5.32 Å². The molecule has 0 unspecified atom stereocenters. The number of sulfonamides is 1. The molecule has 3 N–H and O–H groups in total. The van der Waals surface area contributed by atoms with Crippen LogP contribution >= 0.6 is 11.3 Å². The Labute approximate surface area is 214 Å². The summed E-state index contributed by atoms with van der Waals surface area (Å²) in [5.74, 6) is -1.21. The topological polar surface area (TPSA) is 107 Å². The smallest absolute Gasteiger partial charge is 0.416 e. The molecule has 202 valence electrons. The largest absolute Gasteiger partial charge is 0.481 e. The number of aryl methyl sites for hydroxylation is 2. The van der Waals surface area contributed by atoms with E-state index in [0.717, 1.165) is 35.7 Å². The zero-order valence-corrected chi connectivity index (χ0v) is 22.1. The van der Waals surface area contributed by atoms with Crippen LogP contribution in [0, 0.1) is 0 Å². The van der Waals surface area contributed by atoms with Crippen LogP contribution in [0.3, 0.4) is 0 Å². The number of carboxylic acid groups (broad SMARTS) is 1. The summed E-state index contributed by atoms with van der Waals surface area (Å²) in [6, 6.07) is 6.40. The number of benzene rings is 1. The molecule has 0 saturated carbocycles. The number of hydrogen-bond donors (Lipinski definition) is 3. The van der Waals surface area contributed by atoms with Crippen LogP contribution in [0.4, 0.5) is 13.2 Å². The zero-order valence-electron chi connectivity index (χ0n) is 20.5. The lowest BCUT2D eigenvalue weighted by molar-refractivity contribution is -0.138. The molecular weight excluding hydrogens is 517 g/mol. The summed E-state index contributed by atoms with van der Waals surface area (Å²) in [5, 5.41) is 24.5. The second-order valence-electron chi connectivity index (χ2n) is 9.39. The van der Waals surface area contributed by atoms with Crippen molar-refractivity contribution >= 4 is 27.3 Å². The number of likely N-dealkylation sites (N-methyl/N-ethyl adjacent to an activating group) is 1. The average Bonchev–Trinajstić information content (AvgIpc) is 3.29. The van der Waals surface area contributed by atoms with Gasteiger partial charge in [0.2, 0.25) is 10.0 Å². The van der Waals surface area contributed by atoms with Gasteiger partial charge in [-0.05, 0) is 74.7 Å². The van der Waals surface area contributed by atoms with E-state index in [1.54, 1.807) is 11.3 Å². The lowest BCUT2D eigenvalue weighted by atomic mass is 9.96. The van der Waals surface area contributed by atoms with Crippen molar-refractivity contribution in [3.05, 3.63) is 51.7 Å².